The quantitative estimate of drug-likeness (QED) is 0.339. The van der Waals surface area contributed by atoms with Gasteiger partial charge in [-0.2, -0.15) is 10.1 Å². The fraction of sp³-hybridized carbons (Fsp3) is 0.480. The van der Waals surface area contributed by atoms with Gasteiger partial charge in [0.1, 0.15) is 11.6 Å². The van der Waals surface area contributed by atoms with E-state index in [1.165, 1.54) is 0 Å². The normalized spacial score (nSPS) is 15.4. The molecule has 1 fully saturated rings. The lowest BCUT2D eigenvalue weighted by Crippen LogP contribution is -2.38. The zero-order valence-electron chi connectivity index (χ0n) is 21.5. The van der Waals surface area contributed by atoms with E-state index in [9.17, 15) is 0 Å². The smallest absolute Gasteiger partial charge is 0.229 e. The summed E-state index contributed by atoms with van der Waals surface area (Å²) in [6.07, 6.45) is 5.72. The molecule has 3 aromatic rings. The first-order valence-corrected chi connectivity index (χ1v) is 13.0. The fourth-order valence-corrected chi connectivity index (χ4v) is 4.35. The van der Waals surface area contributed by atoms with Crippen molar-refractivity contribution in [2.24, 2.45) is 0 Å². The molecule has 1 unspecified atom stereocenters. The van der Waals surface area contributed by atoms with Crippen molar-refractivity contribution >= 4 is 39.1 Å². The maximum absolute atomic E-state index is 5.80. The standard InChI is InChI=1S/C25H35BrN8O2/c1-6-34-15-18(13-29-34)19-11-21(23(35-5)12-22(19)33-7-9-36-10-8-33)31-25-28-14-20(26)24(32-25)30-17(3)16(2)27-4/h11-17,27H,6-10H2,1-5H3,(H2,28,30,31,32)/t16-,17?/m0/s1. The van der Waals surface area contributed by atoms with Crippen molar-refractivity contribution in [3.8, 4) is 16.9 Å². The van der Waals surface area contributed by atoms with Gasteiger partial charge in [-0.3, -0.25) is 4.68 Å². The van der Waals surface area contributed by atoms with Crippen molar-refractivity contribution in [2.75, 3.05) is 56.0 Å². The minimum absolute atomic E-state index is 0.165. The molecule has 0 saturated carbocycles. The van der Waals surface area contributed by atoms with E-state index in [4.69, 9.17) is 14.5 Å². The highest BCUT2D eigenvalue weighted by Gasteiger charge is 2.21. The van der Waals surface area contributed by atoms with E-state index in [2.05, 4.69) is 86.0 Å². The molecule has 0 spiro atoms. The third kappa shape index (κ3) is 5.91. The summed E-state index contributed by atoms with van der Waals surface area (Å²) in [6, 6.07) is 4.59. The highest BCUT2D eigenvalue weighted by molar-refractivity contribution is 9.10. The number of ether oxygens (including phenoxy) is 2. The van der Waals surface area contributed by atoms with E-state index < -0.39 is 0 Å². The molecule has 10 nitrogen and oxygen atoms in total. The van der Waals surface area contributed by atoms with E-state index >= 15 is 0 Å². The molecule has 11 heteroatoms. The van der Waals surface area contributed by atoms with E-state index in [1.807, 2.05) is 17.9 Å². The second-order valence-electron chi connectivity index (χ2n) is 8.78. The number of rotatable bonds is 10. The Morgan fingerprint density at radius 2 is 1.94 bits per heavy atom. The van der Waals surface area contributed by atoms with Crippen LogP contribution in [0.3, 0.4) is 0 Å². The Morgan fingerprint density at radius 3 is 2.61 bits per heavy atom. The van der Waals surface area contributed by atoms with Crippen molar-refractivity contribution in [3.63, 3.8) is 0 Å². The summed E-state index contributed by atoms with van der Waals surface area (Å²) < 4.78 is 14.1. The van der Waals surface area contributed by atoms with Gasteiger partial charge >= 0.3 is 0 Å². The Kier molecular flexibility index (Phi) is 8.65. The molecule has 1 aromatic carbocycles. The van der Waals surface area contributed by atoms with Crippen LogP contribution in [0.2, 0.25) is 0 Å². The molecular formula is C25H35BrN8O2. The topological polar surface area (TPSA) is 101 Å². The highest BCUT2D eigenvalue weighted by Crippen LogP contribution is 2.40. The largest absolute Gasteiger partial charge is 0.494 e. The second kappa shape index (κ2) is 11.9. The van der Waals surface area contributed by atoms with Crippen molar-refractivity contribution in [2.45, 2.75) is 39.4 Å². The van der Waals surface area contributed by atoms with Crippen LogP contribution in [0, 0.1) is 0 Å². The number of likely N-dealkylation sites (N-methyl/N-ethyl adjacent to an activating group) is 1. The van der Waals surface area contributed by atoms with Crippen LogP contribution in [-0.4, -0.2) is 72.3 Å². The molecule has 0 amide bonds. The summed E-state index contributed by atoms with van der Waals surface area (Å²) in [5.74, 6) is 1.90. The molecule has 2 atom stereocenters. The van der Waals surface area contributed by atoms with Gasteiger partial charge in [0.25, 0.3) is 0 Å². The molecule has 4 rings (SSSR count). The number of aryl methyl sites for hydroxylation is 1. The van der Waals surface area contributed by atoms with Crippen molar-refractivity contribution < 1.29 is 9.47 Å². The average molecular weight is 560 g/mol. The van der Waals surface area contributed by atoms with Gasteiger partial charge in [0, 0.05) is 67.0 Å². The maximum Gasteiger partial charge on any atom is 0.229 e. The van der Waals surface area contributed by atoms with Crippen LogP contribution >= 0.6 is 15.9 Å². The Bertz CT molecular complexity index is 1160. The molecule has 1 saturated heterocycles. The van der Waals surface area contributed by atoms with Crippen LogP contribution in [0.1, 0.15) is 20.8 Å². The summed E-state index contributed by atoms with van der Waals surface area (Å²) in [7, 11) is 3.62. The monoisotopic (exact) mass is 558 g/mol. The second-order valence-corrected chi connectivity index (χ2v) is 9.63. The lowest BCUT2D eigenvalue weighted by molar-refractivity contribution is 0.122. The van der Waals surface area contributed by atoms with Gasteiger partial charge in [-0.1, -0.05) is 0 Å². The molecular weight excluding hydrogens is 524 g/mol. The van der Waals surface area contributed by atoms with Gasteiger partial charge in [0.15, 0.2) is 0 Å². The first-order valence-electron chi connectivity index (χ1n) is 12.2. The molecule has 3 heterocycles. The predicted molar refractivity (Wildman–Crippen MR) is 148 cm³/mol. The molecule has 3 N–H and O–H groups in total. The number of hydrogen-bond acceptors (Lipinski definition) is 9. The van der Waals surface area contributed by atoms with Crippen LogP contribution in [0.4, 0.5) is 23.1 Å². The van der Waals surface area contributed by atoms with E-state index in [-0.39, 0.29) is 12.1 Å². The molecule has 0 aliphatic carbocycles. The lowest BCUT2D eigenvalue weighted by Gasteiger charge is -2.31. The number of benzene rings is 1. The average Bonchev–Trinajstić information content (AvgIpc) is 3.39. The first-order chi connectivity index (χ1) is 17.4. The lowest BCUT2D eigenvalue weighted by atomic mass is 10.0. The summed E-state index contributed by atoms with van der Waals surface area (Å²) >= 11 is 3.56. The number of hydrogen-bond donors (Lipinski definition) is 3. The van der Waals surface area contributed by atoms with E-state index in [0.29, 0.717) is 24.9 Å². The number of aromatic nitrogens is 4. The fourth-order valence-electron chi connectivity index (χ4n) is 4.05. The zero-order chi connectivity index (χ0) is 25.7. The highest BCUT2D eigenvalue weighted by atomic mass is 79.9. The van der Waals surface area contributed by atoms with Crippen molar-refractivity contribution in [1.29, 1.82) is 0 Å². The van der Waals surface area contributed by atoms with Gasteiger partial charge < -0.3 is 30.3 Å². The molecule has 1 aliphatic heterocycles. The van der Waals surface area contributed by atoms with Gasteiger partial charge in [-0.15, -0.1) is 0 Å². The SMILES string of the molecule is CCn1cc(-c2cc(Nc3ncc(Br)c(NC(C)[C@H](C)NC)n3)c(OC)cc2N2CCOCC2)cn1. The van der Waals surface area contributed by atoms with Crippen LogP contribution in [0.5, 0.6) is 5.75 Å². The third-order valence-corrected chi connectivity index (χ3v) is 7.08. The number of nitrogens with one attached hydrogen (secondary N) is 3. The van der Waals surface area contributed by atoms with Gasteiger partial charge in [0.05, 0.1) is 36.7 Å². The summed E-state index contributed by atoms with van der Waals surface area (Å²) in [5, 5.41) is 14.6. The van der Waals surface area contributed by atoms with Crippen LogP contribution in [0.15, 0.2) is 35.2 Å². The van der Waals surface area contributed by atoms with Crippen LogP contribution in [0.25, 0.3) is 11.1 Å². The number of halogens is 1. The molecule has 194 valence electrons. The Hall–Kier alpha value is -2.89. The van der Waals surface area contributed by atoms with Gasteiger partial charge in [-0.05, 0) is 49.8 Å². The third-order valence-electron chi connectivity index (χ3n) is 6.50. The summed E-state index contributed by atoms with van der Waals surface area (Å²) in [4.78, 5) is 11.5. The number of nitrogens with zero attached hydrogens (tertiary/aromatic N) is 5. The number of anilines is 4. The Labute approximate surface area is 220 Å². The Balaban J connectivity index is 1.71. The van der Waals surface area contributed by atoms with Crippen LogP contribution in [-0.2, 0) is 11.3 Å². The maximum atomic E-state index is 5.80. The Morgan fingerprint density at radius 1 is 1.17 bits per heavy atom. The predicted octanol–water partition coefficient (Wildman–Crippen LogP) is 4.12. The zero-order valence-corrected chi connectivity index (χ0v) is 23.1. The van der Waals surface area contributed by atoms with Crippen molar-refractivity contribution in [3.05, 3.63) is 35.2 Å². The van der Waals surface area contributed by atoms with Gasteiger partial charge in [-0.25, -0.2) is 4.98 Å². The molecule has 2 aromatic heterocycles. The van der Waals surface area contributed by atoms with Crippen molar-refractivity contribution in [1.82, 2.24) is 25.1 Å². The first kappa shape index (κ1) is 26.2. The molecule has 0 radical (unpaired) electrons. The molecule has 1 aliphatic rings. The minimum atomic E-state index is 0.165. The summed E-state index contributed by atoms with van der Waals surface area (Å²) in [5.41, 5.74) is 3.97. The number of methoxy groups -OCH3 is 1. The van der Waals surface area contributed by atoms with Gasteiger partial charge in [0.2, 0.25) is 5.95 Å². The van der Waals surface area contributed by atoms with Crippen LogP contribution < -0.4 is 25.6 Å². The van der Waals surface area contributed by atoms with E-state index in [1.54, 1.807) is 13.3 Å². The minimum Gasteiger partial charge on any atom is -0.494 e. The van der Waals surface area contributed by atoms with E-state index in [0.717, 1.165) is 52.4 Å². The molecule has 0 bridgehead atoms. The number of morpholine rings is 1. The molecule has 36 heavy (non-hydrogen) atoms. The summed E-state index contributed by atoms with van der Waals surface area (Å²) in [6.45, 7) is 10.1.